The van der Waals surface area contributed by atoms with Crippen molar-refractivity contribution in [3.63, 3.8) is 0 Å². The average Bonchev–Trinajstić information content (AvgIpc) is 4.46. The fraction of sp³-hybridized carbons (Fsp3) is 0.615. The lowest BCUT2D eigenvalue weighted by Gasteiger charge is -2.14. The van der Waals surface area contributed by atoms with E-state index in [0.29, 0.717) is 0 Å². The number of thiophene rings is 3. The van der Waals surface area contributed by atoms with E-state index in [4.69, 9.17) is 0 Å². The number of aryl methyl sites for hydroxylation is 6. The van der Waals surface area contributed by atoms with Crippen LogP contribution in [0.4, 0.5) is 0 Å². The maximum Gasteiger partial charge on any atom is 0.0783 e. The van der Waals surface area contributed by atoms with Gasteiger partial charge in [-0.25, -0.2) is 0 Å². The number of halogens is 1. The minimum atomic E-state index is 1.15. The van der Waals surface area contributed by atoms with Gasteiger partial charge < -0.3 is 0 Å². The summed E-state index contributed by atoms with van der Waals surface area (Å²) in [7, 11) is 0. The van der Waals surface area contributed by atoms with Crippen molar-refractivity contribution in [3.8, 4) is 52.9 Å². The van der Waals surface area contributed by atoms with Gasteiger partial charge in [0, 0.05) is 25.8 Å². The number of hydrogen-bond donors (Lipinski definition) is 0. The molecule has 0 saturated carbocycles. The van der Waals surface area contributed by atoms with E-state index in [2.05, 4.69) is 147 Å². The fourth-order valence-corrected chi connectivity index (χ4v) is 16.6. The molecular formula is C78H115BrS3. The zero-order valence-corrected chi connectivity index (χ0v) is 57.3. The van der Waals surface area contributed by atoms with Crippen molar-refractivity contribution >= 4 is 49.9 Å². The Morgan fingerprint density at radius 3 is 1.00 bits per heavy atom. The first-order valence-electron chi connectivity index (χ1n) is 34.8. The molecule has 6 rings (SSSR count). The van der Waals surface area contributed by atoms with Crippen LogP contribution in [0.15, 0.2) is 82.0 Å². The standard InChI is InChI=1S/C78H115BrS3/c1-7-13-19-25-31-37-43-62-49-52-65(46-40-34-28-22-16-10-4)69(55-62)68-58-76(80-61-68)77-72(70-56-63(44-38-32-26-20-14-8-2)50-53-66(70)47-41-35-29-23-17-11-5)59-74(81-77)75-60-73(78(79)82-75)71-57-64(45-39-33-27-21-15-9-3)51-54-67(71)48-42-36-30-24-18-12-6/h49-61H,7-48H2,1-6H3. The second-order valence-electron chi connectivity index (χ2n) is 24.9. The van der Waals surface area contributed by atoms with Gasteiger partial charge in [0.25, 0.3) is 0 Å². The third kappa shape index (κ3) is 23.8. The number of hydrogen-bond acceptors (Lipinski definition) is 3. The molecule has 0 bridgehead atoms. The van der Waals surface area contributed by atoms with Gasteiger partial charge in [0.2, 0.25) is 0 Å². The molecule has 0 aliphatic carbocycles. The summed E-state index contributed by atoms with van der Waals surface area (Å²) >= 11 is 10.3. The van der Waals surface area contributed by atoms with Crippen LogP contribution in [0.25, 0.3) is 52.9 Å². The summed E-state index contributed by atoms with van der Waals surface area (Å²) < 4.78 is 1.28. The van der Waals surface area contributed by atoms with Crippen LogP contribution in [0.5, 0.6) is 0 Å². The van der Waals surface area contributed by atoms with Crippen LogP contribution in [0, 0.1) is 0 Å². The van der Waals surface area contributed by atoms with Crippen molar-refractivity contribution in [2.75, 3.05) is 0 Å². The first-order chi connectivity index (χ1) is 40.4. The van der Waals surface area contributed by atoms with E-state index < -0.39 is 0 Å². The Bertz CT molecular complexity index is 2620. The van der Waals surface area contributed by atoms with Crippen LogP contribution in [-0.2, 0) is 38.5 Å². The maximum atomic E-state index is 4.27. The van der Waals surface area contributed by atoms with Crippen LogP contribution in [-0.4, -0.2) is 0 Å². The lowest BCUT2D eigenvalue weighted by Crippen LogP contribution is -1.95. The molecule has 452 valence electrons. The molecule has 0 amide bonds. The zero-order chi connectivity index (χ0) is 57.8. The van der Waals surface area contributed by atoms with Crippen molar-refractivity contribution in [2.45, 2.75) is 311 Å². The maximum absolute atomic E-state index is 4.27. The van der Waals surface area contributed by atoms with E-state index >= 15 is 0 Å². The minimum Gasteiger partial charge on any atom is -0.142 e. The monoisotopic (exact) mass is 1230 g/mol. The van der Waals surface area contributed by atoms with Crippen molar-refractivity contribution in [2.24, 2.45) is 0 Å². The van der Waals surface area contributed by atoms with Gasteiger partial charge in [-0.2, -0.15) is 0 Å². The number of unbranched alkanes of at least 4 members (excludes halogenated alkanes) is 30. The molecule has 3 heterocycles. The fourth-order valence-electron chi connectivity index (χ4n) is 12.5. The highest BCUT2D eigenvalue weighted by atomic mass is 79.9. The molecule has 0 unspecified atom stereocenters. The van der Waals surface area contributed by atoms with Crippen LogP contribution in [0.2, 0.25) is 0 Å². The Kier molecular flexibility index (Phi) is 34.5. The van der Waals surface area contributed by atoms with E-state index in [-0.39, 0.29) is 0 Å². The van der Waals surface area contributed by atoms with Gasteiger partial charge in [-0.1, -0.05) is 289 Å². The second-order valence-corrected chi connectivity index (χ2v) is 29.3. The molecule has 82 heavy (non-hydrogen) atoms. The molecule has 6 aromatic rings. The van der Waals surface area contributed by atoms with Gasteiger partial charge in [-0.15, -0.1) is 34.0 Å². The van der Waals surface area contributed by atoms with Crippen LogP contribution >= 0.6 is 49.9 Å². The smallest absolute Gasteiger partial charge is 0.0783 e. The van der Waals surface area contributed by atoms with Crippen molar-refractivity contribution in [3.05, 3.63) is 115 Å². The molecule has 0 atom stereocenters. The first-order valence-corrected chi connectivity index (χ1v) is 38.1. The van der Waals surface area contributed by atoms with Crippen LogP contribution in [0.1, 0.15) is 306 Å². The van der Waals surface area contributed by atoms with Crippen molar-refractivity contribution in [1.29, 1.82) is 0 Å². The predicted octanol–water partition coefficient (Wildman–Crippen LogP) is 28.4. The third-order valence-electron chi connectivity index (χ3n) is 17.8. The zero-order valence-electron chi connectivity index (χ0n) is 53.3. The molecule has 0 radical (unpaired) electrons. The summed E-state index contributed by atoms with van der Waals surface area (Å²) in [6.45, 7) is 14.0. The second kappa shape index (κ2) is 41.4. The summed E-state index contributed by atoms with van der Waals surface area (Å²) in [6, 6.07) is 30.8. The van der Waals surface area contributed by atoms with Gasteiger partial charge in [0.15, 0.2) is 0 Å². The normalized spacial score (nSPS) is 11.7. The Hall–Kier alpha value is -2.76. The molecule has 0 nitrogen and oxygen atoms in total. The Morgan fingerprint density at radius 1 is 0.280 bits per heavy atom. The number of rotatable bonds is 47. The van der Waals surface area contributed by atoms with Crippen molar-refractivity contribution < 1.29 is 0 Å². The van der Waals surface area contributed by atoms with Gasteiger partial charge >= 0.3 is 0 Å². The van der Waals surface area contributed by atoms with Crippen molar-refractivity contribution in [1.82, 2.24) is 0 Å². The summed E-state index contributed by atoms with van der Waals surface area (Å²) in [6.07, 6.45) is 55.1. The molecule has 4 heteroatoms. The first kappa shape index (κ1) is 68.4. The molecule has 3 aromatic heterocycles. The topological polar surface area (TPSA) is 0 Å². The van der Waals surface area contributed by atoms with Crippen LogP contribution in [0.3, 0.4) is 0 Å². The average molecular weight is 1230 g/mol. The van der Waals surface area contributed by atoms with Gasteiger partial charge in [-0.05, 0) is 172 Å². The Labute approximate surface area is 525 Å². The van der Waals surface area contributed by atoms with E-state index in [9.17, 15) is 0 Å². The number of benzene rings is 3. The van der Waals surface area contributed by atoms with E-state index in [1.54, 1.807) is 11.1 Å². The highest BCUT2D eigenvalue weighted by Gasteiger charge is 2.23. The lowest BCUT2D eigenvalue weighted by molar-refractivity contribution is 0.606. The Balaban J connectivity index is 1.43. The third-order valence-corrected chi connectivity index (χ3v) is 22.0. The molecule has 0 spiro atoms. The van der Waals surface area contributed by atoms with E-state index in [1.807, 2.05) is 22.7 Å². The summed E-state index contributed by atoms with van der Waals surface area (Å²) in [4.78, 5) is 5.70. The summed E-state index contributed by atoms with van der Waals surface area (Å²) in [5.41, 5.74) is 17.9. The SMILES string of the molecule is CCCCCCCCc1ccc(CCCCCCCC)c(-c2csc(-c3sc(-c4cc(-c5cc(CCCCCCCC)ccc5CCCCCCCC)c(Br)s4)cc3-c3cc(CCCCCCCC)ccc3CCCCCCCC)c2)c1. The molecule has 0 aliphatic heterocycles. The highest BCUT2D eigenvalue weighted by Crippen LogP contribution is 2.51. The van der Waals surface area contributed by atoms with Crippen LogP contribution < -0.4 is 0 Å². The largest absolute Gasteiger partial charge is 0.142 e. The quantitative estimate of drug-likeness (QED) is 0.0334. The summed E-state index contributed by atoms with van der Waals surface area (Å²) in [5.74, 6) is 0. The van der Waals surface area contributed by atoms with Gasteiger partial charge in [0.1, 0.15) is 0 Å². The summed E-state index contributed by atoms with van der Waals surface area (Å²) in [5, 5.41) is 2.53. The highest BCUT2D eigenvalue weighted by molar-refractivity contribution is 9.11. The molecule has 0 aliphatic rings. The van der Waals surface area contributed by atoms with Gasteiger partial charge in [-0.3, -0.25) is 0 Å². The van der Waals surface area contributed by atoms with Gasteiger partial charge in [0.05, 0.1) is 8.66 Å². The minimum absolute atomic E-state index is 1.15. The molecule has 0 N–H and O–H groups in total. The predicted molar refractivity (Wildman–Crippen MR) is 377 cm³/mol. The Morgan fingerprint density at radius 2 is 0.598 bits per heavy atom. The lowest BCUT2D eigenvalue weighted by atomic mass is 9.91. The molecule has 0 fully saturated rings. The van der Waals surface area contributed by atoms with E-state index in [1.165, 1.54) is 336 Å². The molecular weight excluding hydrogens is 1110 g/mol. The van der Waals surface area contributed by atoms with E-state index in [0.717, 1.165) is 12.8 Å². The molecule has 0 saturated heterocycles. The molecule has 3 aromatic carbocycles.